The fourth-order valence-electron chi connectivity index (χ4n) is 0.803. The van der Waals surface area contributed by atoms with Crippen LogP contribution in [0.2, 0.25) is 0 Å². The van der Waals surface area contributed by atoms with Crippen LogP contribution in [0.4, 0.5) is 0 Å². The third-order valence-corrected chi connectivity index (χ3v) is 1.40. The topological polar surface area (TPSA) is 130 Å². The minimum absolute atomic E-state index is 0.913. The monoisotopic (exact) mass is 222 g/mol. The summed E-state index contributed by atoms with van der Waals surface area (Å²) in [5.41, 5.74) is 0. The first-order valence-electron chi connectivity index (χ1n) is 3.72. The van der Waals surface area contributed by atoms with E-state index in [-0.39, 0.29) is 0 Å². The maximum atomic E-state index is 10.6. The Bertz CT molecular complexity index is 260. The second-order valence-electron chi connectivity index (χ2n) is 2.46. The number of carboxylic acid groups (broad SMARTS) is 3. The van der Waals surface area contributed by atoms with E-state index in [1.807, 2.05) is 0 Å². The Morgan fingerprint density at radius 1 is 1.07 bits per heavy atom. The van der Waals surface area contributed by atoms with E-state index < -0.39 is 36.7 Å². The summed E-state index contributed by atoms with van der Waals surface area (Å²) in [4.78, 5) is 31.2. The molecule has 0 aliphatic rings. The lowest BCUT2D eigenvalue weighted by Crippen LogP contribution is -2.43. The molecular weight excluding hydrogens is 212 g/mol. The molecule has 0 fully saturated rings. The Kier molecular flexibility index (Phi) is 5.27. The molecule has 0 aromatic heterocycles. The van der Waals surface area contributed by atoms with Crippen molar-refractivity contribution >= 4 is 17.9 Å². The molecular formula is C7H10O8. The van der Waals surface area contributed by atoms with Gasteiger partial charge in [0.2, 0.25) is 0 Å². The SMILES string of the molecule is COC(C(=O)O)C(OCC(=O)O)C(=O)O. The van der Waals surface area contributed by atoms with Crippen molar-refractivity contribution < 1.29 is 39.2 Å². The van der Waals surface area contributed by atoms with Gasteiger partial charge in [-0.3, -0.25) is 0 Å². The van der Waals surface area contributed by atoms with Crippen LogP contribution in [0.3, 0.4) is 0 Å². The van der Waals surface area contributed by atoms with Crippen LogP contribution < -0.4 is 0 Å². The van der Waals surface area contributed by atoms with Gasteiger partial charge in [-0.15, -0.1) is 0 Å². The first-order valence-corrected chi connectivity index (χ1v) is 3.72. The maximum Gasteiger partial charge on any atom is 0.336 e. The number of carboxylic acids is 3. The summed E-state index contributed by atoms with van der Waals surface area (Å²) in [6.45, 7) is -0.913. The van der Waals surface area contributed by atoms with Gasteiger partial charge in [0.15, 0.2) is 12.2 Å². The van der Waals surface area contributed by atoms with Gasteiger partial charge in [0.25, 0.3) is 0 Å². The van der Waals surface area contributed by atoms with Crippen molar-refractivity contribution in [2.24, 2.45) is 0 Å². The van der Waals surface area contributed by atoms with Gasteiger partial charge in [0.05, 0.1) is 0 Å². The predicted molar refractivity (Wildman–Crippen MR) is 43.4 cm³/mol. The van der Waals surface area contributed by atoms with E-state index in [0.717, 1.165) is 7.11 Å². The molecule has 0 spiro atoms. The predicted octanol–water partition coefficient (Wildman–Crippen LogP) is -1.36. The number of ether oxygens (including phenoxy) is 2. The van der Waals surface area contributed by atoms with Crippen LogP contribution in [0, 0.1) is 0 Å². The van der Waals surface area contributed by atoms with Gasteiger partial charge in [-0.25, -0.2) is 14.4 Å². The van der Waals surface area contributed by atoms with Crippen LogP contribution in [0.15, 0.2) is 0 Å². The summed E-state index contributed by atoms with van der Waals surface area (Å²) in [6, 6.07) is 0. The molecule has 15 heavy (non-hydrogen) atoms. The van der Waals surface area contributed by atoms with Gasteiger partial charge in [0, 0.05) is 7.11 Å². The third-order valence-electron chi connectivity index (χ3n) is 1.40. The highest BCUT2D eigenvalue weighted by Gasteiger charge is 2.35. The van der Waals surface area contributed by atoms with E-state index in [2.05, 4.69) is 9.47 Å². The summed E-state index contributed by atoms with van der Waals surface area (Å²) >= 11 is 0. The summed E-state index contributed by atoms with van der Waals surface area (Å²) in [6.07, 6.45) is -3.61. The number of carbonyl (C=O) groups is 3. The van der Waals surface area contributed by atoms with Crippen LogP contribution in [-0.4, -0.2) is 59.2 Å². The molecule has 0 saturated carbocycles. The summed E-state index contributed by atoms with van der Waals surface area (Å²) in [5, 5.41) is 25.3. The highest BCUT2D eigenvalue weighted by molar-refractivity contribution is 5.83. The molecule has 0 aromatic rings. The summed E-state index contributed by atoms with van der Waals surface area (Å²) in [7, 11) is 0.985. The third kappa shape index (κ3) is 4.38. The molecule has 2 unspecified atom stereocenters. The minimum Gasteiger partial charge on any atom is -0.480 e. The molecule has 8 nitrogen and oxygen atoms in total. The fraction of sp³-hybridized carbons (Fsp3) is 0.571. The molecule has 0 aromatic carbocycles. The Labute approximate surface area is 84.0 Å². The van der Waals surface area contributed by atoms with Gasteiger partial charge in [-0.1, -0.05) is 0 Å². The second-order valence-corrected chi connectivity index (χ2v) is 2.46. The Morgan fingerprint density at radius 3 is 1.80 bits per heavy atom. The van der Waals surface area contributed by atoms with Crippen LogP contribution in [-0.2, 0) is 23.9 Å². The number of hydrogen-bond donors (Lipinski definition) is 3. The average Bonchev–Trinajstić information content (AvgIpc) is 2.10. The largest absolute Gasteiger partial charge is 0.480 e. The van der Waals surface area contributed by atoms with E-state index in [9.17, 15) is 14.4 Å². The van der Waals surface area contributed by atoms with E-state index >= 15 is 0 Å². The van der Waals surface area contributed by atoms with E-state index in [4.69, 9.17) is 15.3 Å². The molecule has 2 atom stereocenters. The van der Waals surface area contributed by atoms with Crippen molar-refractivity contribution in [3.63, 3.8) is 0 Å². The molecule has 0 radical (unpaired) electrons. The normalized spacial score (nSPS) is 14.2. The van der Waals surface area contributed by atoms with Gasteiger partial charge in [-0.2, -0.15) is 0 Å². The van der Waals surface area contributed by atoms with Crippen molar-refractivity contribution in [1.82, 2.24) is 0 Å². The molecule has 8 heteroatoms. The number of rotatable bonds is 7. The molecule has 0 rings (SSSR count). The lowest BCUT2D eigenvalue weighted by Gasteiger charge is -2.18. The lowest BCUT2D eigenvalue weighted by atomic mass is 10.2. The van der Waals surface area contributed by atoms with Crippen molar-refractivity contribution in [3.8, 4) is 0 Å². The molecule has 3 N–H and O–H groups in total. The summed E-state index contributed by atoms with van der Waals surface area (Å²) < 4.78 is 8.74. The van der Waals surface area contributed by atoms with Crippen molar-refractivity contribution in [3.05, 3.63) is 0 Å². The lowest BCUT2D eigenvalue weighted by molar-refractivity contribution is -0.177. The molecule has 0 aliphatic carbocycles. The van der Waals surface area contributed by atoms with Crippen molar-refractivity contribution in [2.45, 2.75) is 12.2 Å². The second kappa shape index (κ2) is 5.94. The highest BCUT2D eigenvalue weighted by atomic mass is 16.6. The summed E-state index contributed by atoms with van der Waals surface area (Å²) in [5.74, 6) is -4.55. The van der Waals surface area contributed by atoms with E-state index in [1.54, 1.807) is 0 Å². The molecule has 0 saturated heterocycles. The van der Waals surface area contributed by atoms with Crippen LogP contribution in [0.25, 0.3) is 0 Å². The Hall–Kier alpha value is -1.67. The first-order chi connectivity index (χ1) is 6.90. The quantitative estimate of drug-likeness (QED) is 0.481. The highest BCUT2D eigenvalue weighted by Crippen LogP contribution is 2.04. The smallest absolute Gasteiger partial charge is 0.336 e. The van der Waals surface area contributed by atoms with E-state index in [0.29, 0.717) is 0 Å². The van der Waals surface area contributed by atoms with Gasteiger partial charge in [-0.05, 0) is 0 Å². The zero-order valence-corrected chi connectivity index (χ0v) is 7.74. The maximum absolute atomic E-state index is 10.6. The zero-order chi connectivity index (χ0) is 12.0. The molecule has 0 amide bonds. The Morgan fingerprint density at radius 2 is 1.53 bits per heavy atom. The van der Waals surface area contributed by atoms with Crippen LogP contribution >= 0.6 is 0 Å². The molecule has 0 heterocycles. The molecule has 86 valence electrons. The fourth-order valence-corrected chi connectivity index (χ4v) is 0.803. The zero-order valence-electron chi connectivity index (χ0n) is 7.74. The first kappa shape index (κ1) is 13.3. The van der Waals surface area contributed by atoms with E-state index in [1.165, 1.54) is 0 Å². The van der Waals surface area contributed by atoms with Crippen LogP contribution in [0.5, 0.6) is 0 Å². The van der Waals surface area contributed by atoms with Crippen molar-refractivity contribution in [2.75, 3.05) is 13.7 Å². The van der Waals surface area contributed by atoms with Crippen molar-refractivity contribution in [1.29, 1.82) is 0 Å². The van der Waals surface area contributed by atoms with Gasteiger partial charge in [0.1, 0.15) is 6.61 Å². The van der Waals surface area contributed by atoms with Crippen LogP contribution in [0.1, 0.15) is 0 Å². The number of hydrogen-bond acceptors (Lipinski definition) is 5. The molecule has 0 bridgehead atoms. The average molecular weight is 222 g/mol. The Balaban J connectivity index is 4.55. The minimum atomic E-state index is -1.86. The molecule has 0 aliphatic heterocycles. The number of methoxy groups -OCH3 is 1. The van der Waals surface area contributed by atoms with Gasteiger partial charge >= 0.3 is 17.9 Å². The number of aliphatic carboxylic acids is 3. The van der Waals surface area contributed by atoms with Gasteiger partial charge < -0.3 is 24.8 Å². The standard InChI is InChI=1S/C7H10O8/c1-14-4(6(10)11)5(7(12)13)15-2-3(8)9/h4-5H,2H2,1H3,(H,8,9)(H,10,11)(H,12,13).